The topological polar surface area (TPSA) is 42.0 Å². The van der Waals surface area contributed by atoms with E-state index in [2.05, 4.69) is 34.6 Å². The Balaban J connectivity index is 1.53. The number of nitrogens with one attached hydrogen (secondary N) is 1. The van der Waals surface area contributed by atoms with Crippen LogP contribution < -0.4 is 5.32 Å². The van der Waals surface area contributed by atoms with Gasteiger partial charge in [0, 0.05) is 18.0 Å². The molecule has 0 saturated carbocycles. The maximum atomic E-state index is 12.7. The Bertz CT molecular complexity index is 1070. The number of rotatable bonds is 4. The van der Waals surface area contributed by atoms with Gasteiger partial charge in [-0.05, 0) is 58.7 Å². The van der Waals surface area contributed by atoms with Gasteiger partial charge in [0.1, 0.15) is 0 Å². The maximum Gasteiger partial charge on any atom is 0.251 e. The van der Waals surface area contributed by atoms with E-state index in [4.69, 9.17) is 0 Å². The summed E-state index contributed by atoms with van der Waals surface area (Å²) in [5.41, 5.74) is 3.92. The molecule has 0 bridgehead atoms. The van der Waals surface area contributed by atoms with E-state index >= 15 is 0 Å². The Hall–Kier alpha value is -3.46. The van der Waals surface area contributed by atoms with Crippen molar-refractivity contribution in [2.45, 2.75) is 13.0 Å². The van der Waals surface area contributed by atoms with E-state index in [1.165, 1.54) is 10.8 Å². The van der Waals surface area contributed by atoms with Gasteiger partial charge in [-0.15, -0.1) is 0 Å². The Morgan fingerprint density at radius 2 is 1.48 bits per heavy atom. The quantitative estimate of drug-likeness (QED) is 0.535. The average molecular weight is 352 g/mol. The van der Waals surface area contributed by atoms with E-state index in [0.717, 1.165) is 16.7 Å². The second-order valence-corrected chi connectivity index (χ2v) is 6.58. The van der Waals surface area contributed by atoms with Gasteiger partial charge in [-0.2, -0.15) is 0 Å². The fourth-order valence-electron chi connectivity index (χ4n) is 3.34. The van der Waals surface area contributed by atoms with Gasteiger partial charge in [0.15, 0.2) is 0 Å². The fourth-order valence-corrected chi connectivity index (χ4v) is 3.34. The first kappa shape index (κ1) is 17.0. The number of amides is 1. The standard InChI is InChI=1S/C24H20N2O/c1-17(22-8-4-6-20-5-2-3-7-23(20)22)26-24(27)21-11-9-18(10-12-21)19-13-15-25-16-14-19/h2-17H,1H3,(H,26,27)/t17-/m0/s1. The summed E-state index contributed by atoms with van der Waals surface area (Å²) in [7, 11) is 0. The molecule has 0 aliphatic rings. The molecular weight excluding hydrogens is 332 g/mol. The van der Waals surface area contributed by atoms with Gasteiger partial charge in [-0.25, -0.2) is 0 Å². The van der Waals surface area contributed by atoms with Crippen LogP contribution in [0.5, 0.6) is 0 Å². The lowest BCUT2D eigenvalue weighted by atomic mass is 9.99. The van der Waals surface area contributed by atoms with Crippen molar-refractivity contribution in [3.63, 3.8) is 0 Å². The average Bonchev–Trinajstić information content (AvgIpc) is 2.74. The molecule has 4 rings (SSSR count). The predicted octanol–water partition coefficient (Wildman–Crippen LogP) is 5.39. The Morgan fingerprint density at radius 1 is 0.815 bits per heavy atom. The van der Waals surface area contributed by atoms with E-state index in [1.54, 1.807) is 12.4 Å². The molecule has 1 amide bonds. The van der Waals surface area contributed by atoms with Crippen molar-refractivity contribution in [1.82, 2.24) is 10.3 Å². The lowest BCUT2D eigenvalue weighted by molar-refractivity contribution is 0.0940. The van der Waals surface area contributed by atoms with Crippen LogP contribution in [0.2, 0.25) is 0 Å². The largest absolute Gasteiger partial charge is 0.345 e. The van der Waals surface area contributed by atoms with Crippen LogP contribution in [0.3, 0.4) is 0 Å². The zero-order valence-electron chi connectivity index (χ0n) is 15.1. The normalized spacial score (nSPS) is 11.9. The molecule has 1 atom stereocenters. The molecule has 3 aromatic carbocycles. The SMILES string of the molecule is C[C@H](NC(=O)c1ccc(-c2ccncc2)cc1)c1cccc2ccccc12. The number of fused-ring (bicyclic) bond motifs is 1. The first-order chi connectivity index (χ1) is 13.2. The smallest absolute Gasteiger partial charge is 0.251 e. The van der Waals surface area contributed by atoms with Crippen LogP contribution in [0, 0.1) is 0 Å². The molecule has 0 unspecified atom stereocenters. The molecule has 1 aromatic heterocycles. The summed E-state index contributed by atoms with van der Waals surface area (Å²) in [6, 6.07) is 25.9. The zero-order chi connectivity index (χ0) is 18.6. The van der Waals surface area contributed by atoms with E-state index in [9.17, 15) is 4.79 Å². The summed E-state index contributed by atoms with van der Waals surface area (Å²) >= 11 is 0. The van der Waals surface area contributed by atoms with Crippen LogP contribution >= 0.6 is 0 Å². The first-order valence-electron chi connectivity index (χ1n) is 9.01. The van der Waals surface area contributed by atoms with Crippen molar-refractivity contribution in [3.8, 4) is 11.1 Å². The van der Waals surface area contributed by atoms with Crippen LogP contribution in [0.25, 0.3) is 21.9 Å². The minimum atomic E-state index is -0.0801. The van der Waals surface area contributed by atoms with Gasteiger partial charge in [-0.1, -0.05) is 54.6 Å². The van der Waals surface area contributed by atoms with Crippen LogP contribution in [0.15, 0.2) is 91.3 Å². The third kappa shape index (κ3) is 3.58. The van der Waals surface area contributed by atoms with E-state index in [1.807, 2.05) is 61.5 Å². The number of hydrogen-bond acceptors (Lipinski definition) is 2. The minimum Gasteiger partial charge on any atom is -0.345 e. The number of carbonyl (C=O) groups excluding carboxylic acids is 1. The minimum absolute atomic E-state index is 0.0725. The molecule has 0 fully saturated rings. The van der Waals surface area contributed by atoms with Crippen molar-refractivity contribution in [2.24, 2.45) is 0 Å². The lowest BCUT2D eigenvalue weighted by Gasteiger charge is -2.17. The summed E-state index contributed by atoms with van der Waals surface area (Å²) < 4.78 is 0. The van der Waals surface area contributed by atoms with E-state index in [-0.39, 0.29) is 11.9 Å². The monoisotopic (exact) mass is 352 g/mol. The highest BCUT2D eigenvalue weighted by molar-refractivity contribution is 5.95. The Kier molecular flexibility index (Phi) is 4.67. The van der Waals surface area contributed by atoms with Crippen molar-refractivity contribution in [1.29, 1.82) is 0 Å². The number of nitrogens with zero attached hydrogens (tertiary/aromatic N) is 1. The number of benzene rings is 3. The summed E-state index contributed by atoms with van der Waals surface area (Å²) in [5, 5.41) is 5.46. The molecule has 1 heterocycles. The van der Waals surface area contributed by atoms with Crippen molar-refractivity contribution < 1.29 is 4.79 Å². The van der Waals surface area contributed by atoms with E-state index in [0.29, 0.717) is 5.56 Å². The van der Waals surface area contributed by atoms with Gasteiger partial charge < -0.3 is 5.32 Å². The molecule has 0 saturated heterocycles. The molecule has 4 aromatic rings. The van der Waals surface area contributed by atoms with Crippen molar-refractivity contribution in [3.05, 3.63) is 102 Å². The van der Waals surface area contributed by atoms with Crippen LogP contribution in [-0.4, -0.2) is 10.9 Å². The van der Waals surface area contributed by atoms with Gasteiger partial charge in [-0.3, -0.25) is 9.78 Å². The van der Waals surface area contributed by atoms with Crippen LogP contribution in [0.1, 0.15) is 28.9 Å². The highest BCUT2D eigenvalue weighted by Gasteiger charge is 2.13. The molecule has 0 aliphatic heterocycles. The highest BCUT2D eigenvalue weighted by Crippen LogP contribution is 2.24. The molecule has 1 N–H and O–H groups in total. The van der Waals surface area contributed by atoms with Gasteiger partial charge >= 0.3 is 0 Å². The molecule has 132 valence electrons. The van der Waals surface area contributed by atoms with Crippen molar-refractivity contribution in [2.75, 3.05) is 0 Å². The Morgan fingerprint density at radius 3 is 2.26 bits per heavy atom. The third-order valence-corrected chi connectivity index (χ3v) is 4.80. The van der Waals surface area contributed by atoms with E-state index < -0.39 is 0 Å². The summed E-state index contributed by atoms with van der Waals surface area (Å²) in [6.07, 6.45) is 3.53. The first-order valence-corrected chi connectivity index (χ1v) is 9.01. The second kappa shape index (κ2) is 7.42. The molecule has 3 heteroatoms. The zero-order valence-corrected chi connectivity index (χ0v) is 15.1. The second-order valence-electron chi connectivity index (χ2n) is 6.58. The third-order valence-electron chi connectivity index (χ3n) is 4.80. The summed E-state index contributed by atoms with van der Waals surface area (Å²) in [6.45, 7) is 2.02. The molecule has 27 heavy (non-hydrogen) atoms. The maximum absolute atomic E-state index is 12.7. The van der Waals surface area contributed by atoms with Crippen LogP contribution in [0.4, 0.5) is 0 Å². The van der Waals surface area contributed by atoms with Gasteiger partial charge in [0.25, 0.3) is 5.91 Å². The molecule has 0 aliphatic carbocycles. The number of hydrogen-bond donors (Lipinski definition) is 1. The molecular formula is C24H20N2O. The molecule has 0 radical (unpaired) electrons. The number of aromatic nitrogens is 1. The fraction of sp³-hybridized carbons (Fsp3) is 0.0833. The summed E-state index contributed by atoms with van der Waals surface area (Å²) in [4.78, 5) is 16.7. The lowest BCUT2D eigenvalue weighted by Crippen LogP contribution is -2.26. The van der Waals surface area contributed by atoms with Gasteiger partial charge in [0.05, 0.1) is 6.04 Å². The summed E-state index contributed by atoms with van der Waals surface area (Å²) in [5.74, 6) is -0.0725. The highest BCUT2D eigenvalue weighted by atomic mass is 16.1. The van der Waals surface area contributed by atoms with Crippen molar-refractivity contribution >= 4 is 16.7 Å². The molecule has 3 nitrogen and oxygen atoms in total. The predicted molar refractivity (Wildman–Crippen MR) is 110 cm³/mol. The van der Waals surface area contributed by atoms with Gasteiger partial charge in [0.2, 0.25) is 0 Å². The number of carbonyl (C=O) groups is 1. The molecule has 0 spiro atoms. The number of pyridine rings is 1. The van der Waals surface area contributed by atoms with Crippen LogP contribution in [-0.2, 0) is 0 Å². The Labute approximate surface area is 158 Å².